The average Bonchev–Trinajstić information content (AvgIpc) is 3.22. The molecule has 4 rings (SSSR count). The van der Waals surface area contributed by atoms with E-state index >= 15 is 0 Å². The maximum atomic E-state index is 13.3. The minimum atomic E-state index is -0.840. The SMILES string of the molecule is CN1C(=O)[C@H](c2ccc(-c3cccs3)cc2)[C@@](C)(c2cccc(N)c2)N=C1N. The Kier molecular flexibility index (Phi) is 4.43. The lowest BCUT2D eigenvalue weighted by atomic mass is 9.74. The number of anilines is 1. The van der Waals surface area contributed by atoms with Gasteiger partial charge >= 0.3 is 0 Å². The van der Waals surface area contributed by atoms with Gasteiger partial charge in [0, 0.05) is 17.6 Å². The molecular weight excluding hydrogens is 368 g/mol. The van der Waals surface area contributed by atoms with Crippen molar-refractivity contribution in [3.63, 3.8) is 0 Å². The summed E-state index contributed by atoms with van der Waals surface area (Å²) >= 11 is 1.69. The van der Waals surface area contributed by atoms with E-state index in [1.807, 2.05) is 49.4 Å². The highest BCUT2D eigenvalue weighted by molar-refractivity contribution is 7.13. The first-order valence-electron chi connectivity index (χ1n) is 9.03. The second-order valence-corrected chi connectivity index (χ2v) is 8.12. The molecule has 4 N–H and O–H groups in total. The molecule has 142 valence electrons. The first-order valence-corrected chi connectivity index (χ1v) is 9.91. The van der Waals surface area contributed by atoms with Gasteiger partial charge in [-0.15, -0.1) is 11.3 Å². The molecule has 2 heterocycles. The fraction of sp³-hybridized carbons (Fsp3) is 0.182. The molecule has 5 nitrogen and oxygen atoms in total. The molecule has 2 aromatic carbocycles. The van der Waals surface area contributed by atoms with Crippen LogP contribution in [0.25, 0.3) is 10.4 Å². The molecule has 3 aromatic rings. The number of aliphatic imine (C=N–C) groups is 1. The largest absolute Gasteiger partial charge is 0.399 e. The number of nitrogen functional groups attached to an aromatic ring is 1. The van der Waals surface area contributed by atoms with Gasteiger partial charge in [0.05, 0.1) is 5.92 Å². The van der Waals surface area contributed by atoms with Gasteiger partial charge in [-0.2, -0.15) is 0 Å². The Morgan fingerprint density at radius 1 is 1.07 bits per heavy atom. The number of carbonyl (C=O) groups is 1. The van der Waals surface area contributed by atoms with E-state index in [2.05, 4.69) is 23.6 Å². The maximum Gasteiger partial charge on any atom is 0.239 e. The van der Waals surface area contributed by atoms with E-state index in [9.17, 15) is 4.79 Å². The molecule has 1 aliphatic rings. The molecule has 1 aliphatic heterocycles. The number of hydrogen-bond donors (Lipinski definition) is 2. The molecular formula is C22H22N4OS. The van der Waals surface area contributed by atoms with E-state index in [0.29, 0.717) is 5.69 Å². The summed E-state index contributed by atoms with van der Waals surface area (Å²) in [4.78, 5) is 20.6. The van der Waals surface area contributed by atoms with E-state index in [1.54, 1.807) is 18.4 Å². The van der Waals surface area contributed by atoms with Crippen LogP contribution in [0.15, 0.2) is 71.0 Å². The summed E-state index contributed by atoms with van der Waals surface area (Å²) in [5.41, 5.74) is 14.8. The quantitative estimate of drug-likeness (QED) is 0.668. The third-order valence-corrected chi connectivity index (χ3v) is 6.27. The molecule has 0 saturated heterocycles. The van der Waals surface area contributed by atoms with Crippen molar-refractivity contribution < 1.29 is 4.79 Å². The van der Waals surface area contributed by atoms with Crippen LogP contribution in [-0.4, -0.2) is 23.8 Å². The number of hydrogen-bond acceptors (Lipinski definition) is 5. The minimum Gasteiger partial charge on any atom is -0.399 e. The molecule has 28 heavy (non-hydrogen) atoms. The monoisotopic (exact) mass is 390 g/mol. The highest BCUT2D eigenvalue weighted by Gasteiger charge is 2.47. The summed E-state index contributed by atoms with van der Waals surface area (Å²) in [5.74, 6) is -0.369. The zero-order valence-corrected chi connectivity index (χ0v) is 16.6. The highest BCUT2D eigenvalue weighted by atomic mass is 32.1. The maximum absolute atomic E-state index is 13.3. The number of carbonyl (C=O) groups excluding carboxylic acids is 1. The van der Waals surface area contributed by atoms with Crippen LogP contribution < -0.4 is 11.5 Å². The summed E-state index contributed by atoms with van der Waals surface area (Å²) < 4.78 is 0. The van der Waals surface area contributed by atoms with Crippen LogP contribution in [0, 0.1) is 0 Å². The number of rotatable bonds is 3. The summed E-state index contributed by atoms with van der Waals surface area (Å²) in [6.45, 7) is 1.94. The van der Waals surface area contributed by atoms with Crippen LogP contribution in [0.3, 0.4) is 0 Å². The van der Waals surface area contributed by atoms with Gasteiger partial charge in [0.15, 0.2) is 5.96 Å². The fourth-order valence-electron chi connectivity index (χ4n) is 3.76. The molecule has 0 bridgehead atoms. The second kappa shape index (κ2) is 6.80. The smallest absolute Gasteiger partial charge is 0.239 e. The first-order chi connectivity index (χ1) is 13.4. The fourth-order valence-corrected chi connectivity index (χ4v) is 4.49. The Morgan fingerprint density at radius 3 is 2.46 bits per heavy atom. The van der Waals surface area contributed by atoms with Crippen LogP contribution in [0.2, 0.25) is 0 Å². The van der Waals surface area contributed by atoms with Gasteiger partial charge in [-0.05, 0) is 47.2 Å². The van der Waals surface area contributed by atoms with Crippen molar-refractivity contribution in [2.75, 3.05) is 12.8 Å². The number of nitrogens with two attached hydrogens (primary N) is 2. The van der Waals surface area contributed by atoms with Crippen LogP contribution in [-0.2, 0) is 10.3 Å². The topological polar surface area (TPSA) is 84.7 Å². The van der Waals surface area contributed by atoms with Gasteiger partial charge in [0.1, 0.15) is 5.54 Å². The number of likely N-dealkylation sites (N-methyl/N-ethyl adjacent to an activating group) is 1. The molecule has 6 heteroatoms. The molecule has 0 spiro atoms. The molecule has 1 amide bonds. The number of nitrogens with zero attached hydrogens (tertiary/aromatic N) is 2. The van der Waals surface area contributed by atoms with E-state index in [-0.39, 0.29) is 11.9 Å². The van der Waals surface area contributed by atoms with Crippen molar-refractivity contribution in [3.05, 3.63) is 77.2 Å². The Hall–Kier alpha value is -3.12. The molecule has 0 saturated carbocycles. The van der Waals surface area contributed by atoms with E-state index in [1.165, 1.54) is 9.78 Å². The lowest BCUT2D eigenvalue weighted by Crippen LogP contribution is -2.52. The normalized spacial score (nSPS) is 22.2. The zero-order valence-electron chi connectivity index (χ0n) is 15.8. The van der Waals surface area contributed by atoms with Crippen molar-refractivity contribution >= 4 is 28.9 Å². The minimum absolute atomic E-state index is 0.0821. The lowest BCUT2D eigenvalue weighted by Gasteiger charge is -2.41. The van der Waals surface area contributed by atoms with Gasteiger partial charge < -0.3 is 11.5 Å². The third-order valence-electron chi connectivity index (χ3n) is 5.35. The van der Waals surface area contributed by atoms with Crippen LogP contribution in [0.1, 0.15) is 24.0 Å². The molecule has 0 radical (unpaired) electrons. The summed E-state index contributed by atoms with van der Waals surface area (Å²) in [6.07, 6.45) is 0. The van der Waals surface area contributed by atoms with Crippen LogP contribution in [0.5, 0.6) is 0 Å². The van der Waals surface area contributed by atoms with Gasteiger partial charge in [-0.25, -0.2) is 4.99 Å². The van der Waals surface area contributed by atoms with E-state index in [4.69, 9.17) is 16.5 Å². The molecule has 0 unspecified atom stereocenters. The van der Waals surface area contributed by atoms with Crippen molar-refractivity contribution in [1.29, 1.82) is 0 Å². The van der Waals surface area contributed by atoms with Gasteiger partial charge in [0.2, 0.25) is 5.91 Å². The summed E-state index contributed by atoms with van der Waals surface area (Å²) in [6, 6.07) is 19.7. The number of benzene rings is 2. The van der Waals surface area contributed by atoms with Crippen molar-refractivity contribution in [2.24, 2.45) is 10.7 Å². The predicted molar refractivity (Wildman–Crippen MR) is 115 cm³/mol. The molecule has 0 fully saturated rings. The van der Waals surface area contributed by atoms with Gasteiger partial charge in [-0.3, -0.25) is 9.69 Å². The average molecular weight is 391 g/mol. The molecule has 0 aliphatic carbocycles. The van der Waals surface area contributed by atoms with Crippen LogP contribution in [0.4, 0.5) is 5.69 Å². The zero-order chi connectivity index (χ0) is 19.9. The van der Waals surface area contributed by atoms with Crippen LogP contribution >= 0.6 is 11.3 Å². The van der Waals surface area contributed by atoms with Crippen molar-refractivity contribution in [2.45, 2.75) is 18.4 Å². The lowest BCUT2D eigenvalue weighted by molar-refractivity contribution is -0.130. The van der Waals surface area contributed by atoms with Gasteiger partial charge in [-0.1, -0.05) is 42.5 Å². The Morgan fingerprint density at radius 2 is 1.82 bits per heavy atom. The Labute approximate surface area is 168 Å². The number of thiophene rings is 1. The van der Waals surface area contributed by atoms with Crippen molar-refractivity contribution in [3.8, 4) is 10.4 Å². The summed E-state index contributed by atoms with van der Waals surface area (Å²) in [5, 5.41) is 2.05. The number of amides is 1. The predicted octanol–water partition coefficient (Wildman–Crippen LogP) is 3.78. The third kappa shape index (κ3) is 2.96. The highest BCUT2D eigenvalue weighted by Crippen LogP contribution is 2.44. The Balaban J connectivity index is 1.83. The van der Waals surface area contributed by atoms with E-state index in [0.717, 1.165) is 16.7 Å². The number of guanidine groups is 1. The van der Waals surface area contributed by atoms with E-state index < -0.39 is 11.5 Å². The van der Waals surface area contributed by atoms with Gasteiger partial charge in [0.25, 0.3) is 0 Å². The molecule has 1 aromatic heterocycles. The standard InChI is InChI=1S/C22H22N4OS/c1-22(16-5-3-6-17(23)13-16)19(20(27)26(2)21(24)25-22)15-10-8-14(9-11-15)18-7-4-12-28-18/h3-13,19H,23H2,1-2H3,(H2,24,25)/t19-,22+/m0/s1. The summed E-state index contributed by atoms with van der Waals surface area (Å²) in [7, 11) is 1.66. The molecule has 2 atom stereocenters. The van der Waals surface area contributed by atoms with Crippen molar-refractivity contribution in [1.82, 2.24) is 4.90 Å². The Bertz CT molecular complexity index is 1040. The second-order valence-electron chi connectivity index (χ2n) is 7.17. The first kappa shape index (κ1) is 18.3.